The van der Waals surface area contributed by atoms with Crippen LogP contribution in [-0.4, -0.2) is 26.0 Å². The molecule has 162 valence electrons. The van der Waals surface area contributed by atoms with Crippen molar-refractivity contribution >= 4 is 33.8 Å². The normalized spacial score (nSPS) is 13.5. The molecule has 6 nitrogen and oxygen atoms in total. The average molecular weight is 495 g/mol. The fraction of sp³-hybridized carbons (Fsp3) is 0.120. The molecule has 0 aromatic heterocycles. The van der Waals surface area contributed by atoms with Gasteiger partial charge in [-0.3, -0.25) is 4.79 Å². The molecule has 0 N–H and O–H groups in total. The minimum Gasteiger partial charge on any atom is -0.496 e. The summed E-state index contributed by atoms with van der Waals surface area (Å²) in [6.07, 6.45) is 1.68. The Labute approximate surface area is 193 Å². The lowest BCUT2D eigenvalue weighted by Gasteiger charge is -2.14. The van der Waals surface area contributed by atoms with Crippen molar-refractivity contribution in [3.63, 3.8) is 0 Å². The fourth-order valence-electron chi connectivity index (χ4n) is 3.42. The van der Waals surface area contributed by atoms with Gasteiger partial charge in [0.25, 0.3) is 0 Å². The molecule has 0 atom stereocenters. The van der Waals surface area contributed by atoms with Crippen LogP contribution in [0.5, 0.6) is 23.0 Å². The molecule has 0 saturated heterocycles. The third-order valence-corrected chi connectivity index (χ3v) is 5.79. The molecular weight excluding hydrogens is 476 g/mol. The van der Waals surface area contributed by atoms with Crippen LogP contribution in [0.1, 0.15) is 31.8 Å². The predicted octanol–water partition coefficient (Wildman–Crippen LogP) is 5.61. The number of esters is 1. The van der Waals surface area contributed by atoms with E-state index in [2.05, 4.69) is 15.9 Å². The molecule has 0 radical (unpaired) electrons. The lowest BCUT2D eigenvalue weighted by atomic mass is 10.1. The second kappa shape index (κ2) is 8.88. The van der Waals surface area contributed by atoms with Crippen molar-refractivity contribution in [1.82, 2.24) is 0 Å². The number of ketones is 1. The summed E-state index contributed by atoms with van der Waals surface area (Å²) >= 11 is 3.47. The van der Waals surface area contributed by atoms with E-state index < -0.39 is 5.97 Å². The maximum absolute atomic E-state index is 12.9. The second-order valence-electron chi connectivity index (χ2n) is 6.95. The van der Waals surface area contributed by atoms with E-state index in [1.807, 2.05) is 24.3 Å². The van der Waals surface area contributed by atoms with E-state index in [1.54, 1.807) is 43.3 Å². The number of benzene rings is 3. The van der Waals surface area contributed by atoms with Gasteiger partial charge in [0.15, 0.2) is 5.76 Å². The van der Waals surface area contributed by atoms with E-state index in [4.69, 9.17) is 18.9 Å². The Hall–Kier alpha value is -3.58. The summed E-state index contributed by atoms with van der Waals surface area (Å²) in [5, 5.41) is 0. The molecule has 4 rings (SSSR count). The quantitative estimate of drug-likeness (QED) is 0.260. The standard InChI is InChI=1S/C25H19BrO6/c1-14-18(32-25(28)22-19(29-2)9-6-10-20(22)30-3)12-11-16-23(27)21(31-24(14)16)13-15-7-4-5-8-17(15)26/h4-13H,1-3H3/b21-13-. The van der Waals surface area contributed by atoms with Crippen LogP contribution in [0.3, 0.4) is 0 Å². The van der Waals surface area contributed by atoms with Gasteiger partial charge in [0.1, 0.15) is 28.6 Å². The van der Waals surface area contributed by atoms with Crippen LogP contribution >= 0.6 is 15.9 Å². The Morgan fingerprint density at radius 3 is 2.28 bits per heavy atom. The third kappa shape index (κ3) is 3.87. The molecule has 1 aliphatic heterocycles. The Morgan fingerprint density at radius 1 is 0.938 bits per heavy atom. The van der Waals surface area contributed by atoms with Gasteiger partial charge in [-0.15, -0.1) is 0 Å². The van der Waals surface area contributed by atoms with Gasteiger partial charge in [0.05, 0.1) is 19.8 Å². The van der Waals surface area contributed by atoms with Crippen LogP contribution in [0.4, 0.5) is 0 Å². The van der Waals surface area contributed by atoms with Crippen molar-refractivity contribution in [2.75, 3.05) is 14.2 Å². The second-order valence-corrected chi connectivity index (χ2v) is 7.81. The third-order valence-electron chi connectivity index (χ3n) is 5.06. The molecule has 0 aliphatic carbocycles. The van der Waals surface area contributed by atoms with Gasteiger partial charge in [-0.2, -0.15) is 0 Å². The van der Waals surface area contributed by atoms with Crippen LogP contribution in [0, 0.1) is 6.92 Å². The van der Waals surface area contributed by atoms with Crippen molar-refractivity contribution in [1.29, 1.82) is 0 Å². The summed E-state index contributed by atoms with van der Waals surface area (Å²) in [7, 11) is 2.93. The minimum atomic E-state index is -0.643. The number of hydrogen-bond acceptors (Lipinski definition) is 6. The first-order valence-corrected chi connectivity index (χ1v) is 10.5. The first kappa shape index (κ1) is 21.6. The zero-order valence-electron chi connectivity index (χ0n) is 17.6. The maximum atomic E-state index is 12.9. The lowest BCUT2D eigenvalue weighted by Crippen LogP contribution is -2.12. The largest absolute Gasteiger partial charge is 0.496 e. The molecule has 3 aromatic carbocycles. The van der Waals surface area contributed by atoms with Crippen molar-refractivity contribution in [3.05, 3.63) is 87.1 Å². The number of hydrogen-bond donors (Lipinski definition) is 0. The summed E-state index contributed by atoms with van der Waals surface area (Å²) in [5.41, 5.74) is 1.93. The molecule has 3 aromatic rings. The predicted molar refractivity (Wildman–Crippen MR) is 123 cm³/mol. The monoisotopic (exact) mass is 494 g/mol. The molecule has 0 saturated carbocycles. The number of Topliss-reactive ketones (excluding diaryl/α,β-unsaturated/α-hetero) is 1. The van der Waals surface area contributed by atoms with Gasteiger partial charge in [0.2, 0.25) is 5.78 Å². The lowest BCUT2D eigenvalue weighted by molar-refractivity contribution is 0.0726. The first-order chi connectivity index (χ1) is 15.4. The van der Waals surface area contributed by atoms with Gasteiger partial charge < -0.3 is 18.9 Å². The molecule has 0 spiro atoms. The SMILES string of the molecule is COc1cccc(OC)c1C(=O)Oc1ccc2c(c1C)O/C(=C\c1ccccc1Br)C2=O. The number of ether oxygens (including phenoxy) is 4. The Morgan fingerprint density at radius 2 is 1.62 bits per heavy atom. The molecule has 0 bridgehead atoms. The Kier molecular flexibility index (Phi) is 6.01. The highest BCUT2D eigenvalue weighted by molar-refractivity contribution is 9.10. The average Bonchev–Trinajstić information content (AvgIpc) is 3.12. The van der Waals surface area contributed by atoms with Crippen molar-refractivity contribution in [2.24, 2.45) is 0 Å². The molecule has 0 fully saturated rings. The molecule has 1 aliphatic rings. The topological polar surface area (TPSA) is 71.1 Å². The highest BCUT2D eigenvalue weighted by Gasteiger charge is 2.31. The van der Waals surface area contributed by atoms with Gasteiger partial charge >= 0.3 is 5.97 Å². The van der Waals surface area contributed by atoms with Crippen LogP contribution in [-0.2, 0) is 0 Å². The van der Waals surface area contributed by atoms with E-state index >= 15 is 0 Å². The summed E-state index contributed by atoms with van der Waals surface area (Å²) in [4.78, 5) is 25.8. The highest BCUT2D eigenvalue weighted by atomic mass is 79.9. The van der Waals surface area contributed by atoms with E-state index in [0.717, 1.165) is 10.0 Å². The zero-order chi connectivity index (χ0) is 22.8. The summed E-state index contributed by atoms with van der Waals surface area (Å²) in [6, 6.07) is 15.7. The number of methoxy groups -OCH3 is 2. The molecular formula is C25H19BrO6. The highest BCUT2D eigenvalue weighted by Crippen LogP contribution is 2.40. The molecule has 32 heavy (non-hydrogen) atoms. The van der Waals surface area contributed by atoms with Gasteiger partial charge in [-0.05, 0) is 48.9 Å². The minimum absolute atomic E-state index is 0.170. The number of fused-ring (bicyclic) bond motifs is 1. The number of allylic oxidation sites excluding steroid dienone is 1. The molecule has 1 heterocycles. The number of carbonyl (C=O) groups excluding carboxylic acids is 2. The van der Waals surface area contributed by atoms with Crippen molar-refractivity contribution in [3.8, 4) is 23.0 Å². The smallest absolute Gasteiger partial charge is 0.351 e. The van der Waals surface area contributed by atoms with Crippen LogP contribution in [0.15, 0.2) is 64.8 Å². The maximum Gasteiger partial charge on any atom is 0.351 e. The number of rotatable bonds is 5. The molecule has 7 heteroatoms. The zero-order valence-corrected chi connectivity index (χ0v) is 19.2. The fourth-order valence-corrected chi connectivity index (χ4v) is 3.81. The van der Waals surface area contributed by atoms with Gasteiger partial charge in [-0.1, -0.05) is 40.2 Å². The Balaban J connectivity index is 1.66. The first-order valence-electron chi connectivity index (χ1n) is 9.70. The Bertz CT molecular complexity index is 1240. The van der Waals surface area contributed by atoms with Crippen molar-refractivity contribution < 1.29 is 28.5 Å². The van der Waals surface area contributed by atoms with E-state index in [0.29, 0.717) is 28.4 Å². The molecule has 0 amide bonds. The van der Waals surface area contributed by atoms with E-state index in [-0.39, 0.29) is 22.9 Å². The van der Waals surface area contributed by atoms with Gasteiger partial charge in [-0.25, -0.2) is 4.79 Å². The van der Waals surface area contributed by atoms with Crippen LogP contribution in [0.2, 0.25) is 0 Å². The van der Waals surface area contributed by atoms with E-state index in [1.165, 1.54) is 14.2 Å². The summed E-state index contributed by atoms with van der Waals surface area (Å²) in [5.74, 6) is 0.627. The van der Waals surface area contributed by atoms with Crippen LogP contribution in [0.25, 0.3) is 6.08 Å². The van der Waals surface area contributed by atoms with Crippen molar-refractivity contribution in [2.45, 2.75) is 6.92 Å². The number of carbonyl (C=O) groups is 2. The molecule has 0 unspecified atom stereocenters. The van der Waals surface area contributed by atoms with E-state index in [9.17, 15) is 9.59 Å². The van der Waals surface area contributed by atoms with Gasteiger partial charge in [0, 0.05) is 10.0 Å². The summed E-state index contributed by atoms with van der Waals surface area (Å²) in [6.45, 7) is 1.73. The number of halogens is 1. The van der Waals surface area contributed by atoms with Crippen LogP contribution < -0.4 is 18.9 Å². The summed E-state index contributed by atoms with van der Waals surface area (Å²) < 4.78 is 22.9.